The molecular weight excluding hydrogens is 308 g/mol. The SMILES string of the molecule is Cc1nc(C)c(C#N)c(SC(C)C(=O)N(C)c2ccccc2)n1. The first kappa shape index (κ1) is 17.0. The van der Waals surface area contributed by atoms with Gasteiger partial charge < -0.3 is 4.90 Å². The quantitative estimate of drug-likeness (QED) is 0.638. The van der Waals surface area contributed by atoms with E-state index in [1.54, 1.807) is 25.8 Å². The molecule has 2 rings (SSSR count). The van der Waals surface area contributed by atoms with Gasteiger partial charge in [-0.15, -0.1) is 0 Å². The Morgan fingerprint density at radius 3 is 2.52 bits per heavy atom. The van der Waals surface area contributed by atoms with E-state index >= 15 is 0 Å². The van der Waals surface area contributed by atoms with Crippen LogP contribution in [-0.4, -0.2) is 28.2 Å². The summed E-state index contributed by atoms with van der Waals surface area (Å²) in [7, 11) is 1.75. The zero-order valence-corrected chi connectivity index (χ0v) is 14.4. The van der Waals surface area contributed by atoms with Crippen LogP contribution in [0, 0.1) is 25.2 Å². The fourth-order valence-electron chi connectivity index (χ4n) is 2.16. The highest BCUT2D eigenvalue weighted by Crippen LogP contribution is 2.28. The molecule has 1 unspecified atom stereocenters. The van der Waals surface area contributed by atoms with E-state index in [4.69, 9.17) is 0 Å². The highest BCUT2D eigenvalue weighted by atomic mass is 32.2. The largest absolute Gasteiger partial charge is 0.315 e. The van der Waals surface area contributed by atoms with Gasteiger partial charge in [-0.2, -0.15) is 5.26 Å². The summed E-state index contributed by atoms with van der Waals surface area (Å²) in [6, 6.07) is 11.6. The minimum absolute atomic E-state index is 0.0426. The van der Waals surface area contributed by atoms with Crippen molar-refractivity contribution in [2.24, 2.45) is 0 Å². The van der Waals surface area contributed by atoms with Crippen LogP contribution in [0.25, 0.3) is 0 Å². The summed E-state index contributed by atoms with van der Waals surface area (Å²) >= 11 is 1.29. The predicted molar refractivity (Wildman–Crippen MR) is 91.4 cm³/mol. The Bertz CT molecular complexity index is 755. The molecule has 1 aromatic heterocycles. The molecule has 0 N–H and O–H groups in total. The Morgan fingerprint density at radius 1 is 1.26 bits per heavy atom. The van der Waals surface area contributed by atoms with Crippen molar-refractivity contribution >= 4 is 23.4 Å². The number of carbonyl (C=O) groups is 1. The van der Waals surface area contributed by atoms with E-state index in [1.165, 1.54) is 11.8 Å². The van der Waals surface area contributed by atoms with Crippen LogP contribution in [0.15, 0.2) is 35.4 Å². The number of aromatic nitrogens is 2. The third-order valence-electron chi connectivity index (χ3n) is 3.39. The van der Waals surface area contributed by atoms with Gasteiger partial charge in [-0.05, 0) is 32.9 Å². The maximum atomic E-state index is 12.6. The van der Waals surface area contributed by atoms with Crippen LogP contribution in [-0.2, 0) is 4.79 Å². The maximum absolute atomic E-state index is 12.6. The number of rotatable bonds is 4. The molecule has 1 atom stereocenters. The molecule has 118 valence electrons. The fourth-order valence-corrected chi connectivity index (χ4v) is 3.25. The highest BCUT2D eigenvalue weighted by molar-refractivity contribution is 8.00. The van der Waals surface area contributed by atoms with Crippen molar-refractivity contribution in [3.05, 3.63) is 47.4 Å². The normalized spacial score (nSPS) is 11.6. The molecule has 0 spiro atoms. The van der Waals surface area contributed by atoms with E-state index in [0.717, 1.165) is 5.69 Å². The molecule has 1 amide bonds. The summed E-state index contributed by atoms with van der Waals surface area (Å²) in [6.45, 7) is 5.38. The fraction of sp³-hybridized carbons (Fsp3) is 0.294. The first-order valence-electron chi connectivity index (χ1n) is 7.18. The van der Waals surface area contributed by atoms with Crippen LogP contribution in [0.2, 0.25) is 0 Å². The molecule has 0 aliphatic carbocycles. The summed E-state index contributed by atoms with van der Waals surface area (Å²) < 4.78 is 0. The number of hydrogen-bond donors (Lipinski definition) is 0. The molecule has 6 heteroatoms. The smallest absolute Gasteiger partial charge is 0.239 e. The zero-order chi connectivity index (χ0) is 17.0. The second-order valence-corrected chi connectivity index (χ2v) is 6.47. The molecule has 1 aromatic carbocycles. The number of amides is 1. The van der Waals surface area contributed by atoms with Gasteiger partial charge in [0.15, 0.2) is 0 Å². The summed E-state index contributed by atoms with van der Waals surface area (Å²) in [5.74, 6) is 0.555. The first-order chi connectivity index (χ1) is 10.9. The molecule has 0 fully saturated rings. The lowest BCUT2D eigenvalue weighted by Crippen LogP contribution is -2.33. The van der Waals surface area contributed by atoms with Crippen LogP contribution in [0.4, 0.5) is 5.69 Å². The van der Waals surface area contributed by atoms with Gasteiger partial charge >= 0.3 is 0 Å². The average molecular weight is 326 g/mol. The first-order valence-corrected chi connectivity index (χ1v) is 8.06. The topological polar surface area (TPSA) is 69.9 Å². The lowest BCUT2D eigenvalue weighted by Gasteiger charge is -2.21. The zero-order valence-electron chi connectivity index (χ0n) is 13.6. The third-order valence-corrected chi connectivity index (χ3v) is 4.46. The Balaban J connectivity index is 2.21. The predicted octanol–water partition coefficient (Wildman–Crippen LogP) is 3.11. The number of nitriles is 1. The van der Waals surface area contributed by atoms with Crippen molar-refractivity contribution in [2.75, 3.05) is 11.9 Å². The molecule has 0 aliphatic rings. The van der Waals surface area contributed by atoms with Crippen molar-refractivity contribution in [1.29, 1.82) is 5.26 Å². The van der Waals surface area contributed by atoms with Crippen molar-refractivity contribution < 1.29 is 4.79 Å². The molecule has 0 saturated carbocycles. The van der Waals surface area contributed by atoms with Crippen molar-refractivity contribution in [1.82, 2.24) is 9.97 Å². The van der Waals surface area contributed by atoms with E-state index < -0.39 is 0 Å². The van der Waals surface area contributed by atoms with E-state index in [2.05, 4.69) is 16.0 Å². The number of para-hydroxylation sites is 1. The van der Waals surface area contributed by atoms with Gasteiger partial charge in [0.2, 0.25) is 5.91 Å². The van der Waals surface area contributed by atoms with E-state index in [9.17, 15) is 10.1 Å². The summed E-state index contributed by atoms with van der Waals surface area (Å²) in [5.41, 5.74) is 1.90. The number of anilines is 1. The summed E-state index contributed by atoms with van der Waals surface area (Å²) in [5, 5.41) is 9.49. The highest BCUT2D eigenvalue weighted by Gasteiger charge is 2.22. The lowest BCUT2D eigenvalue weighted by atomic mass is 10.2. The van der Waals surface area contributed by atoms with Gasteiger partial charge in [-0.1, -0.05) is 30.0 Å². The van der Waals surface area contributed by atoms with Gasteiger partial charge in [0.05, 0.1) is 10.9 Å². The molecule has 5 nitrogen and oxygen atoms in total. The van der Waals surface area contributed by atoms with Gasteiger partial charge in [-0.3, -0.25) is 4.79 Å². The van der Waals surface area contributed by atoms with Gasteiger partial charge in [0.25, 0.3) is 0 Å². The summed E-state index contributed by atoms with van der Waals surface area (Å²) in [4.78, 5) is 22.7. The molecule has 2 aromatic rings. The Morgan fingerprint density at radius 2 is 1.91 bits per heavy atom. The Hall–Kier alpha value is -2.39. The number of aryl methyl sites for hydroxylation is 2. The van der Waals surface area contributed by atoms with Crippen molar-refractivity contribution in [3.63, 3.8) is 0 Å². The molecule has 0 bridgehead atoms. The number of nitrogens with zero attached hydrogens (tertiary/aromatic N) is 4. The number of thioether (sulfide) groups is 1. The van der Waals surface area contributed by atoms with E-state index in [1.807, 2.05) is 37.3 Å². The van der Waals surface area contributed by atoms with Crippen LogP contribution < -0.4 is 4.90 Å². The minimum Gasteiger partial charge on any atom is -0.315 e. The van der Waals surface area contributed by atoms with E-state index in [0.29, 0.717) is 22.1 Å². The molecule has 0 saturated heterocycles. The molecular formula is C17H18N4OS. The monoisotopic (exact) mass is 326 g/mol. The second-order valence-electron chi connectivity index (χ2n) is 5.14. The van der Waals surface area contributed by atoms with Crippen molar-refractivity contribution in [3.8, 4) is 6.07 Å². The van der Waals surface area contributed by atoms with Crippen LogP contribution >= 0.6 is 11.8 Å². The standard InChI is InChI=1S/C17H18N4OS/c1-11-15(10-18)16(20-13(3)19-11)23-12(2)17(22)21(4)14-8-6-5-7-9-14/h5-9,12H,1-4H3. The number of hydrogen-bond acceptors (Lipinski definition) is 5. The van der Waals surface area contributed by atoms with Gasteiger partial charge in [0, 0.05) is 12.7 Å². The number of carbonyl (C=O) groups excluding carboxylic acids is 1. The van der Waals surface area contributed by atoms with E-state index in [-0.39, 0.29) is 11.2 Å². The van der Waals surface area contributed by atoms with Crippen LogP contribution in [0.1, 0.15) is 24.0 Å². The maximum Gasteiger partial charge on any atom is 0.239 e. The Kier molecular flexibility index (Phi) is 5.35. The van der Waals surface area contributed by atoms with Gasteiger partial charge in [-0.25, -0.2) is 9.97 Å². The molecule has 23 heavy (non-hydrogen) atoms. The lowest BCUT2D eigenvalue weighted by molar-refractivity contribution is -0.117. The van der Waals surface area contributed by atoms with Crippen molar-refractivity contribution in [2.45, 2.75) is 31.0 Å². The summed E-state index contributed by atoms with van der Waals surface area (Å²) in [6.07, 6.45) is 0. The minimum atomic E-state index is -0.360. The van der Waals surface area contributed by atoms with Crippen LogP contribution in [0.5, 0.6) is 0 Å². The second kappa shape index (κ2) is 7.25. The Labute approximate surface area is 140 Å². The molecule has 0 aliphatic heterocycles. The third kappa shape index (κ3) is 3.88. The average Bonchev–Trinajstić information content (AvgIpc) is 2.54. The molecule has 1 heterocycles. The molecule has 0 radical (unpaired) electrons. The van der Waals surface area contributed by atoms with Gasteiger partial charge in [0.1, 0.15) is 22.5 Å². The number of benzene rings is 1. The van der Waals surface area contributed by atoms with Crippen LogP contribution in [0.3, 0.4) is 0 Å².